The number of aryl methyl sites for hydroxylation is 2. The fourth-order valence-electron chi connectivity index (χ4n) is 4.85. The first-order valence-corrected chi connectivity index (χ1v) is 13.8. The Morgan fingerprint density at radius 1 is 1.10 bits per heavy atom. The van der Waals surface area contributed by atoms with Crippen LogP contribution in [0, 0.1) is 5.92 Å². The van der Waals surface area contributed by atoms with Crippen molar-refractivity contribution in [1.29, 1.82) is 0 Å². The van der Waals surface area contributed by atoms with E-state index in [0.29, 0.717) is 54.7 Å². The summed E-state index contributed by atoms with van der Waals surface area (Å²) in [5.41, 5.74) is 2.55. The predicted molar refractivity (Wildman–Crippen MR) is 155 cm³/mol. The Hall–Kier alpha value is -3.98. The number of halogens is 1. The number of hydrogen-bond acceptors (Lipinski definition) is 6. The Morgan fingerprint density at radius 3 is 2.50 bits per heavy atom. The average molecular weight is 564 g/mol. The molecule has 1 fully saturated rings. The number of aliphatic carboxylic acids is 1. The van der Waals surface area contributed by atoms with E-state index in [9.17, 15) is 19.5 Å². The van der Waals surface area contributed by atoms with Crippen molar-refractivity contribution < 1.29 is 19.5 Å². The van der Waals surface area contributed by atoms with E-state index in [4.69, 9.17) is 16.6 Å². The predicted octanol–water partition coefficient (Wildman–Crippen LogP) is 4.71. The zero-order valence-corrected chi connectivity index (χ0v) is 23.5. The van der Waals surface area contributed by atoms with E-state index in [2.05, 4.69) is 10.3 Å². The maximum Gasteiger partial charge on any atom is 0.323 e. The van der Waals surface area contributed by atoms with E-state index >= 15 is 0 Å². The second kappa shape index (κ2) is 13.4. The van der Waals surface area contributed by atoms with Gasteiger partial charge in [-0.15, -0.1) is 0 Å². The summed E-state index contributed by atoms with van der Waals surface area (Å²) in [5.74, 6) is -1.20. The molecule has 2 aromatic carbocycles. The molecule has 1 aliphatic rings. The number of carboxylic acids is 1. The van der Waals surface area contributed by atoms with Crippen molar-refractivity contribution in [3.8, 4) is 0 Å². The number of nitrogens with zero attached hydrogens (tertiary/aromatic N) is 4. The molecule has 0 bridgehead atoms. The molecule has 2 amide bonds. The van der Waals surface area contributed by atoms with E-state index in [-0.39, 0.29) is 17.4 Å². The van der Waals surface area contributed by atoms with Crippen molar-refractivity contribution in [2.45, 2.75) is 45.6 Å². The van der Waals surface area contributed by atoms with Gasteiger partial charge < -0.3 is 20.2 Å². The highest BCUT2D eigenvalue weighted by molar-refractivity contribution is 6.30. The maximum atomic E-state index is 13.6. The number of hydrogen-bond donors (Lipinski definition) is 2. The molecular weight excluding hydrogens is 530 g/mol. The van der Waals surface area contributed by atoms with Gasteiger partial charge in [0.2, 0.25) is 11.9 Å². The zero-order valence-electron chi connectivity index (χ0n) is 22.7. The standard InChI is InChI=1S/C30H34ClN5O4/c1-20(2)18-35(19-27(37)38)29(40)24-17-32-30(34-25(24)15-10-21-7-4-3-5-8-21)36-16-6-9-26(36)28(39)33-23-13-11-22(31)12-14-23/h3-5,7-8,11-14,17,20,26H,6,9-10,15-16,18-19H2,1-2H3,(H,33,39)(H,37,38)/t26-/m1/s1. The lowest BCUT2D eigenvalue weighted by Crippen LogP contribution is -2.41. The molecule has 2 N–H and O–H groups in total. The lowest BCUT2D eigenvalue weighted by molar-refractivity contribution is -0.137. The third kappa shape index (κ3) is 7.57. The van der Waals surface area contributed by atoms with Gasteiger partial charge in [-0.05, 0) is 61.4 Å². The molecule has 0 saturated carbocycles. The summed E-state index contributed by atoms with van der Waals surface area (Å²) in [7, 11) is 0. The number of anilines is 2. The molecule has 0 unspecified atom stereocenters. The van der Waals surface area contributed by atoms with E-state index < -0.39 is 24.5 Å². The Bertz CT molecular complexity index is 1330. The molecule has 2 heterocycles. The van der Waals surface area contributed by atoms with Gasteiger partial charge in [0.05, 0.1) is 11.3 Å². The first-order valence-electron chi connectivity index (χ1n) is 13.4. The lowest BCUT2D eigenvalue weighted by Gasteiger charge is -2.26. The third-order valence-electron chi connectivity index (χ3n) is 6.70. The number of amides is 2. The number of carbonyl (C=O) groups excluding carboxylic acids is 2. The van der Waals surface area contributed by atoms with Crippen LogP contribution >= 0.6 is 11.6 Å². The minimum Gasteiger partial charge on any atom is -0.480 e. The van der Waals surface area contributed by atoms with Gasteiger partial charge in [0.1, 0.15) is 12.6 Å². The van der Waals surface area contributed by atoms with Crippen molar-refractivity contribution in [1.82, 2.24) is 14.9 Å². The van der Waals surface area contributed by atoms with Gasteiger partial charge in [-0.3, -0.25) is 14.4 Å². The minimum atomic E-state index is -1.08. The second-order valence-corrected chi connectivity index (χ2v) is 10.8. The molecule has 1 aliphatic heterocycles. The molecule has 10 heteroatoms. The summed E-state index contributed by atoms with van der Waals surface area (Å²) >= 11 is 5.97. The van der Waals surface area contributed by atoms with Crippen LogP contribution in [0.2, 0.25) is 5.02 Å². The summed E-state index contributed by atoms with van der Waals surface area (Å²) in [6, 6.07) is 16.3. The lowest BCUT2D eigenvalue weighted by atomic mass is 10.0. The molecule has 9 nitrogen and oxygen atoms in total. The molecule has 0 radical (unpaired) electrons. The highest BCUT2D eigenvalue weighted by Gasteiger charge is 2.33. The van der Waals surface area contributed by atoms with E-state index in [1.165, 1.54) is 11.1 Å². The van der Waals surface area contributed by atoms with Gasteiger partial charge in [0, 0.05) is 30.0 Å². The number of nitrogens with one attached hydrogen (secondary N) is 1. The van der Waals surface area contributed by atoms with E-state index in [0.717, 1.165) is 12.0 Å². The number of carbonyl (C=O) groups is 3. The molecular formula is C30H34ClN5O4. The zero-order chi connectivity index (χ0) is 28.6. The Morgan fingerprint density at radius 2 is 1.82 bits per heavy atom. The van der Waals surface area contributed by atoms with Crippen LogP contribution in [-0.4, -0.2) is 63.4 Å². The summed E-state index contributed by atoms with van der Waals surface area (Å²) in [4.78, 5) is 50.8. The number of aromatic nitrogens is 2. The van der Waals surface area contributed by atoms with Crippen LogP contribution in [0.1, 0.15) is 48.3 Å². The molecule has 1 aromatic heterocycles. The van der Waals surface area contributed by atoms with E-state index in [1.807, 2.05) is 49.1 Å². The first-order chi connectivity index (χ1) is 19.2. The molecule has 1 saturated heterocycles. The summed E-state index contributed by atoms with van der Waals surface area (Å²) in [5, 5.41) is 13.0. The van der Waals surface area contributed by atoms with Gasteiger partial charge in [-0.25, -0.2) is 9.97 Å². The Labute approximate surface area is 239 Å². The van der Waals surface area contributed by atoms with Crippen LogP contribution < -0.4 is 10.2 Å². The molecule has 0 aliphatic carbocycles. The van der Waals surface area contributed by atoms with Gasteiger partial charge in [-0.1, -0.05) is 55.8 Å². The van der Waals surface area contributed by atoms with Crippen molar-refractivity contribution in [2.75, 3.05) is 29.9 Å². The molecule has 40 heavy (non-hydrogen) atoms. The second-order valence-electron chi connectivity index (χ2n) is 10.3. The van der Waals surface area contributed by atoms with Crippen molar-refractivity contribution in [3.63, 3.8) is 0 Å². The van der Waals surface area contributed by atoms with Crippen LogP contribution in [0.3, 0.4) is 0 Å². The topological polar surface area (TPSA) is 116 Å². The Balaban J connectivity index is 1.62. The maximum absolute atomic E-state index is 13.6. The highest BCUT2D eigenvalue weighted by atomic mass is 35.5. The normalized spacial score (nSPS) is 14.8. The monoisotopic (exact) mass is 563 g/mol. The van der Waals surface area contributed by atoms with Crippen LogP contribution in [0.15, 0.2) is 60.8 Å². The van der Waals surface area contributed by atoms with E-state index in [1.54, 1.807) is 24.3 Å². The molecule has 210 valence electrons. The van der Waals surface area contributed by atoms with Gasteiger partial charge in [0.15, 0.2) is 0 Å². The quantitative estimate of drug-likeness (QED) is 0.347. The summed E-state index contributed by atoms with van der Waals surface area (Å²) in [6.07, 6.45) is 4.01. The van der Waals surface area contributed by atoms with Crippen LogP contribution in [-0.2, 0) is 22.4 Å². The summed E-state index contributed by atoms with van der Waals surface area (Å²) < 4.78 is 0. The molecule has 1 atom stereocenters. The van der Waals surface area contributed by atoms with Crippen LogP contribution in [0.4, 0.5) is 11.6 Å². The number of rotatable bonds is 11. The fourth-order valence-corrected chi connectivity index (χ4v) is 4.98. The van der Waals surface area contributed by atoms with Crippen molar-refractivity contribution in [3.05, 3.63) is 82.6 Å². The first kappa shape index (κ1) is 29.0. The largest absolute Gasteiger partial charge is 0.480 e. The number of benzene rings is 2. The van der Waals surface area contributed by atoms with Crippen molar-refractivity contribution >= 4 is 41.0 Å². The highest BCUT2D eigenvalue weighted by Crippen LogP contribution is 2.26. The van der Waals surface area contributed by atoms with Gasteiger partial charge in [0.25, 0.3) is 5.91 Å². The molecule has 4 rings (SSSR count). The van der Waals surface area contributed by atoms with Crippen molar-refractivity contribution in [2.24, 2.45) is 5.92 Å². The third-order valence-corrected chi connectivity index (χ3v) is 6.95. The summed E-state index contributed by atoms with van der Waals surface area (Å²) in [6.45, 7) is 4.35. The minimum absolute atomic E-state index is 0.0840. The average Bonchev–Trinajstić information content (AvgIpc) is 3.43. The molecule has 0 spiro atoms. The van der Waals surface area contributed by atoms with Gasteiger partial charge >= 0.3 is 5.97 Å². The van der Waals surface area contributed by atoms with Crippen LogP contribution in [0.5, 0.6) is 0 Å². The SMILES string of the molecule is CC(C)CN(CC(=O)O)C(=O)c1cnc(N2CCC[C@@H]2C(=O)Nc2ccc(Cl)cc2)nc1CCc1ccccc1. The van der Waals surface area contributed by atoms with Gasteiger partial charge in [-0.2, -0.15) is 0 Å². The fraction of sp³-hybridized carbons (Fsp3) is 0.367. The smallest absolute Gasteiger partial charge is 0.323 e. The van der Waals surface area contributed by atoms with Crippen LogP contribution in [0.25, 0.3) is 0 Å². The molecule has 3 aromatic rings. The number of carboxylic acid groups (broad SMARTS) is 1. The Kier molecular flexibility index (Phi) is 9.71.